The van der Waals surface area contributed by atoms with Crippen LogP contribution in [-0.2, 0) is 14.3 Å². The molecular weight excluding hydrogens is 536 g/mol. The zero-order valence-electron chi connectivity index (χ0n) is 25.3. The molecule has 4 rings (SSSR count). The van der Waals surface area contributed by atoms with Gasteiger partial charge in [0.05, 0.1) is 45.2 Å². The number of ketones is 1. The highest BCUT2D eigenvalue weighted by atomic mass is 16.5. The van der Waals surface area contributed by atoms with Gasteiger partial charge in [-0.1, -0.05) is 33.3 Å². The van der Waals surface area contributed by atoms with Crippen molar-refractivity contribution in [2.75, 3.05) is 59.7 Å². The molecule has 0 spiro atoms. The van der Waals surface area contributed by atoms with Crippen LogP contribution in [0.15, 0.2) is 48.0 Å². The molecule has 9 nitrogen and oxygen atoms in total. The third kappa shape index (κ3) is 7.63. The van der Waals surface area contributed by atoms with E-state index in [4.69, 9.17) is 18.9 Å². The highest BCUT2D eigenvalue weighted by molar-refractivity contribution is 6.46. The lowest BCUT2D eigenvalue weighted by molar-refractivity contribution is -0.140. The van der Waals surface area contributed by atoms with Crippen LogP contribution in [0.1, 0.15) is 57.2 Å². The summed E-state index contributed by atoms with van der Waals surface area (Å²) in [6.45, 7) is 11.2. The van der Waals surface area contributed by atoms with Crippen molar-refractivity contribution in [2.45, 2.75) is 46.1 Å². The van der Waals surface area contributed by atoms with Crippen molar-refractivity contribution in [3.8, 4) is 17.2 Å². The Morgan fingerprint density at radius 2 is 1.74 bits per heavy atom. The highest BCUT2D eigenvalue weighted by Gasteiger charge is 2.46. The van der Waals surface area contributed by atoms with Crippen molar-refractivity contribution < 1.29 is 33.6 Å². The number of Topliss-reactive ketones (excluding diaryl/α,β-unsaturated/α-hetero) is 1. The quantitative estimate of drug-likeness (QED) is 0.144. The summed E-state index contributed by atoms with van der Waals surface area (Å²) in [5.41, 5.74) is 1.15. The van der Waals surface area contributed by atoms with Crippen LogP contribution in [0.5, 0.6) is 17.2 Å². The van der Waals surface area contributed by atoms with Crippen molar-refractivity contribution in [1.82, 2.24) is 9.80 Å². The first kappa shape index (κ1) is 31.4. The molecule has 1 N–H and O–H groups in total. The number of aliphatic hydroxyl groups is 1. The van der Waals surface area contributed by atoms with Crippen LogP contribution in [0, 0.1) is 5.92 Å². The molecule has 2 fully saturated rings. The molecule has 2 saturated heterocycles. The van der Waals surface area contributed by atoms with Crippen molar-refractivity contribution >= 4 is 17.4 Å². The van der Waals surface area contributed by atoms with Crippen molar-refractivity contribution in [3.63, 3.8) is 0 Å². The van der Waals surface area contributed by atoms with Gasteiger partial charge < -0.3 is 29.0 Å². The molecular formula is C33H44N2O7. The Morgan fingerprint density at radius 3 is 2.40 bits per heavy atom. The van der Waals surface area contributed by atoms with Gasteiger partial charge in [-0.15, -0.1) is 0 Å². The minimum atomic E-state index is -0.787. The second-order valence-electron chi connectivity index (χ2n) is 11.1. The molecule has 1 unspecified atom stereocenters. The van der Waals surface area contributed by atoms with E-state index in [2.05, 4.69) is 25.7 Å². The smallest absolute Gasteiger partial charge is 0.295 e. The zero-order valence-corrected chi connectivity index (χ0v) is 25.3. The second-order valence-corrected chi connectivity index (χ2v) is 11.1. The molecule has 0 aromatic heterocycles. The van der Waals surface area contributed by atoms with Gasteiger partial charge in [0.1, 0.15) is 11.5 Å². The third-order valence-electron chi connectivity index (χ3n) is 7.65. The number of likely N-dealkylation sites (tertiary alicyclic amines) is 1. The van der Waals surface area contributed by atoms with Crippen molar-refractivity contribution in [3.05, 3.63) is 59.2 Å². The number of aliphatic hydroxyl groups excluding tert-OH is 1. The van der Waals surface area contributed by atoms with Gasteiger partial charge in [-0.2, -0.15) is 0 Å². The van der Waals surface area contributed by atoms with Crippen molar-refractivity contribution in [2.24, 2.45) is 5.92 Å². The number of benzene rings is 2. The Hall–Kier alpha value is -3.56. The normalized spacial score (nSPS) is 19.0. The molecule has 2 aliphatic rings. The van der Waals surface area contributed by atoms with E-state index in [0.717, 1.165) is 32.4 Å². The van der Waals surface area contributed by atoms with Gasteiger partial charge in [-0.3, -0.25) is 14.5 Å². The maximum Gasteiger partial charge on any atom is 0.295 e. The van der Waals surface area contributed by atoms with E-state index in [1.165, 1.54) is 0 Å². The van der Waals surface area contributed by atoms with Gasteiger partial charge >= 0.3 is 0 Å². The SMILES string of the molecule is CCCCOc1ccc(/C(O)=C2\C(=O)C(=O)N(CCN3CCOCC3)C2c2ccc(OCCC(C)C)c(OC)c2)cc1. The number of methoxy groups -OCH3 is 1. The number of ether oxygens (including phenoxy) is 4. The van der Waals surface area contributed by atoms with E-state index in [0.29, 0.717) is 73.8 Å². The summed E-state index contributed by atoms with van der Waals surface area (Å²) >= 11 is 0. The number of unbranched alkanes of at least 4 members (excludes halogenated alkanes) is 1. The van der Waals surface area contributed by atoms with Crippen LogP contribution in [0.4, 0.5) is 0 Å². The lowest BCUT2D eigenvalue weighted by atomic mass is 9.95. The minimum absolute atomic E-state index is 0.0529. The monoisotopic (exact) mass is 580 g/mol. The number of carbonyl (C=O) groups excluding carboxylic acids is 2. The number of hydrogen-bond donors (Lipinski definition) is 1. The molecule has 2 aliphatic heterocycles. The summed E-state index contributed by atoms with van der Waals surface area (Å²) in [5.74, 6) is 0.710. The molecule has 0 aliphatic carbocycles. The van der Waals surface area contributed by atoms with Gasteiger partial charge in [0, 0.05) is 31.7 Å². The summed E-state index contributed by atoms with van der Waals surface area (Å²) in [6, 6.07) is 11.6. The molecule has 9 heteroatoms. The fourth-order valence-corrected chi connectivity index (χ4v) is 5.11. The lowest BCUT2D eigenvalue weighted by Gasteiger charge is -2.31. The largest absolute Gasteiger partial charge is 0.507 e. The molecule has 0 saturated carbocycles. The van der Waals surface area contributed by atoms with Gasteiger partial charge in [0.2, 0.25) is 0 Å². The minimum Gasteiger partial charge on any atom is -0.507 e. The average Bonchev–Trinajstić information content (AvgIpc) is 3.25. The van der Waals surface area contributed by atoms with Crippen molar-refractivity contribution in [1.29, 1.82) is 0 Å². The van der Waals surface area contributed by atoms with E-state index in [1.807, 2.05) is 6.07 Å². The average molecular weight is 581 g/mol. The Balaban J connectivity index is 1.68. The summed E-state index contributed by atoms with van der Waals surface area (Å²) in [7, 11) is 1.56. The topological polar surface area (TPSA) is 97.8 Å². The highest BCUT2D eigenvalue weighted by Crippen LogP contribution is 2.42. The molecule has 2 aromatic rings. The van der Waals surface area contributed by atoms with E-state index in [-0.39, 0.29) is 11.3 Å². The van der Waals surface area contributed by atoms with Crippen LogP contribution >= 0.6 is 0 Å². The fourth-order valence-electron chi connectivity index (χ4n) is 5.11. The molecule has 228 valence electrons. The molecule has 0 bridgehead atoms. The first-order valence-corrected chi connectivity index (χ1v) is 15.0. The predicted molar refractivity (Wildman–Crippen MR) is 161 cm³/mol. The Bertz CT molecular complexity index is 1240. The van der Waals surface area contributed by atoms with Crippen LogP contribution in [0.2, 0.25) is 0 Å². The van der Waals surface area contributed by atoms with Crippen LogP contribution in [-0.4, -0.2) is 86.3 Å². The van der Waals surface area contributed by atoms with E-state index in [1.54, 1.807) is 48.4 Å². The maximum absolute atomic E-state index is 13.5. The number of amides is 1. The number of morpholine rings is 1. The lowest BCUT2D eigenvalue weighted by Crippen LogP contribution is -2.42. The molecule has 1 amide bonds. The molecule has 1 atom stereocenters. The molecule has 2 aromatic carbocycles. The molecule has 2 heterocycles. The Kier molecular flexibility index (Phi) is 11.3. The number of rotatable bonds is 14. The molecule has 42 heavy (non-hydrogen) atoms. The third-order valence-corrected chi connectivity index (χ3v) is 7.65. The number of hydrogen-bond acceptors (Lipinski definition) is 8. The van der Waals surface area contributed by atoms with E-state index in [9.17, 15) is 14.7 Å². The molecule has 0 radical (unpaired) electrons. The number of carbonyl (C=O) groups is 2. The predicted octanol–water partition coefficient (Wildman–Crippen LogP) is 5.05. The Labute approximate surface area is 249 Å². The summed E-state index contributed by atoms with van der Waals surface area (Å²) < 4.78 is 22.8. The fraction of sp³-hybridized carbons (Fsp3) is 0.515. The van der Waals surface area contributed by atoms with Crippen LogP contribution < -0.4 is 14.2 Å². The summed E-state index contributed by atoms with van der Waals surface area (Å²) in [6.07, 6.45) is 2.87. The van der Waals surface area contributed by atoms with Gasteiger partial charge in [0.15, 0.2) is 11.5 Å². The zero-order chi connectivity index (χ0) is 30.1. The van der Waals surface area contributed by atoms with Gasteiger partial charge in [0.25, 0.3) is 11.7 Å². The van der Waals surface area contributed by atoms with Gasteiger partial charge in [-0.05, 0) is 60.7 Å². The van der Waals surface area contributed by atoms with Gasteiger partial charge in [-0.25, -0.2) is 0 Å². The summed E-state index contributed by atoms with van der Waals surface area (Å²) in [4.78, 5) is 30.7. The Morgan fingerprint density at radius 1 is 1.00 bits per heavy atom. The first-order valence-electron chi connectivity index (χ1n) is 15.0. The second kappa shape index (κ2) is 15.1. The standard InChI is InChI=1S/C33H44N2O7/c1-5-6-18-41-26-10-7-24(8-11-26)31(36)29-30(25-9-12-27(28(22-25)39-4)42-19-13-23(2)3)35(33(38)32(29)37)15-14-34-16-20-40-21-17-34/h7-12,22-23,30,36H,5-6,13-21H2,1-4H3/b31-29+. The number of nitrogens with zero attached hydrogens (tertiary/aromatic N) is 2. The first-order chi connectivity index (χ1) is 20.3. The maximum atomic E-state index is 13.5. The summed E-state index contributed by atoms with van der Waals surface area (Å²) in [5, 5.41) is 11.5. The van der Waals surface area contributed by atoms with E-state index < -0.39 is 17.7 Å². The van der Waals surface area contributed by atoms with Crippen LogP contribution in [0.3, 0.4) is 0 Å². The van der Waals surface area contributed by atoms with E-state index >= 15 is 0 Å². The van der Waals surface area contributed by atoms with Crippen LogP contribution in [0.25, 0.3) is 5.76 Å².